The molecular formula is C12H12N6O2S. The smallest absolute Gasteiger partial charge is 0.324 e. The van der Waals surface area contributed by atoms with Crippen LogP contribution in [0.1, 0.15) is 4.88 Å². The summed E-state index contributed by atoms with van der Waals surface area (Å²) in [5.74, 6) is 0.254. The number of amides is 2. The Bertz CT molecular complexity index is 733. The van der Waals surface area contributed by atoms with Crippen LogP contribution in [0.25, 0.3) is 11.6 Å². The molecule has 3 rings (SSSR count). The maximum absolute atomic E-state index is 11.7. The molecule has 21 heavy (non-hydrogen) atoms. The summed E-state index contributed by atoms with van der Waals surface area (Å²) >= 11 is 1.57. The third-order valence-corrected chi connectivity index (χ3v) is 3.46. The summed E-state index contributed by atoms with van der Waals surface area (Å²) in [6.07, 6.45) is 1.76. The SMILES string of the molecule is Cn1ccc(-c2nnc(NC(=O)NCc3cccs3)o2)n1. The molecule has 0 atom stereocenters. The maximum atomic E-state index is 11.7. The lowest BCUT2D eigenvalue weighted by atomic mass is 10.4. The first-order chi connectivity index (χ1) is 10.2. The van der Waals surface area contributed by atoms with E-state index in [1.807, 2.05) is 17.5 Å². The first-order valence-electron chi connectivity index (χ1n) is 6.11. The van der Waals surface area contributed by atoms with E-state index in [1.54, 1.807) is 35.3 Å². The van der Waals surface area contributed by atoms with Gasteiger partial charge in [-0.1, -0.05) is 11.2 Å². The molecule has 0 unspecified atom stereocenters. The number of aryl methyl sites for hydroxylation is 1. The predicted molar refractivity (Wildman–Crippen MR) is 76.7 cm³/mol. The highest BCUT2D eigenvalue weighted by molar-refractivity contribution is 7.09. The van der Waals surface area contributed by atoms with Gasteiger partial charge in [-0.3, -0.25) is 10.00 Å². The molecular weight excluding hydrogens is 292 g/mol. The lowest BCUT2D eigenvalue weighted by molar-refractivity contribution is 0.251. The van der Waals surface area contributed by atoms with Crippen LogP contribution in [0.15, 0.2) is 34.2 Å². The zero-order valence-electron chi connectivity index (χ0n) is 11.1. The number of anilines is 1. The Morgan fingerprint density at radius 3 is 3.05 bits per heavy atom. The number of thiophene rings is 1. The highest BCUT2D eigenvalue weighted by atomic mass is 32.1. The molecule has 0 aromatic carbocycles. The fraction of sp³-hybridized carbons (Fsp3) is 0.167. The number of nitrogens with one attached hydrogen (secondary N) is 2. The number of rotatable bonds is 4. The molecule has 0 aliphatic heterocycles. The summed E-state index contributed by atoms with van der Waals surface area (Å²) in [6.45, 7) is 0.449. The Labute approximate surface area is 123 Å². The molecule has 0 aliphatic carbocycles. The van der Waals surface area contributed by atoms with Crippen molar-refractivity contribution < 1.29 is 9.21 Å². The quantitative estimate of drug-likeness (QED) is 0.766. The lowest BCUT2D eigenvalue weighted by Crippen LogP contribution is -2.27. The minimum atomic E-state index is -0.403. The van der Waals surface area contributed by atoms with Crippen molar-refractivity contribution in [2.45, 2.75) is 6.54 Å². The molecule has 108 valence electrons. The first-order valence-corrected chi connectivity index (χ1v) is 6.99. The van der Waals surface area contributed by atoms with Crippen LogP contribution in [-0.2, 0) is 13.6 Å². The van der Waals surface area contributed by atoms with E-state index in [1.165, 1.54) is 0 Å². The standard InChI is InChI=1S/C12H12N6O2S/c1-18-5-4-9(17-18)10-15-16-12(20-10)14-11(19)13-7-8-3-2-6-21-8/h2-6H,7H2,1H3,(H2,13,14,16,19). The van der Waals surface area contributed by atoms with Gasteiger partial charge in [-0.15, -0.1) is 16.4 Å². The van der Waals surface area contributed by atoms with E-state index in [2.05, 4.69) is 25.9 Å². The van der Waals surface area contributed by atoms with Gasteiger partial charge in [0.25, 0.3) is 5.89 Å². The van der Waals surface area contributed by atoms with Gasteiger partial charge in [-0.25, -0.2) is 4.79 Å². The van der Waals surface area contributed by atoms with Gasteiger partial charge in [0.05, 0.1) is 6.54 Å². The van der Waals surface area contributed by atoms with Crippen molar-refractivity contribution in [2.75, 3.05) is 5.32 Å². The average Bonchev–Trinajstić information content (AvgIpc) is 3.17. The van der Waals surface area contributed by atoms with Crippen LogP contribution in [-0.4, -0.2) is 26.0 Å². The molecule has 2 amide bonds. The van der Waals surface area contributed by atoms with Crippen LogP contribution in [0.2, 0.25) is 0 Å². The number of carbonyl (C=O) groups is 1. The fourth-order valence-corrected chi connectivity index (χ4v) is 2.27. The number of nitrogens with zero attached hydrogens (tertiary/aromatic N) is 4. The van der Waals surface area contributed by atoms with Crippen molar-refractivity contribution >= 4 is 23.4 Å². The van der Waals surface area contributed by atoms with Gasteiger partial charge < -0.3 is 9.73 Å². The normalized spacial score (nSPS) is 10.5. The molecule has 9 heteroatoms. The minimum absolute atomic E-state index is 0.0272. The summed E-state index contributed by atoms with van der Waals surface area (Å²) in [5.41, 5.74) is 0.553. The van der Waals surface area contributed by atoms with E-state index in [-0.39, 0.29) is 11.9 Å². The zero-order valence-corrected chi connectivity index (χ0v) is 11.9. The van der Waals surface area contributed by atoms with Gasteiger partial charge in [0.1, 0.15) is 5.69 Å². The molecule has 0 spiro atoms. The van der Waals surface area contributed by atoms with Crippen molar-refractivity contribution in [2.24, 2.45) is 7.05 Å². The van der Waals surface area contributed by atoms with Crippen LogP contribution in [0.4, 0.5) is 10.8 Å². The molecule has 0 bridgehead atoms. The maximum Gasteiger partial charge on any atom is 0.324 e. The van der Waals surface area contributed by atoms with Crippen LogP contribution >= 0.6 is 11.3 Å². The Morgan fingerprint density at radius 1 is 1.43 bits per heavy atom. The number of hydrogen-bond donors (Lipinski definition) is 2. The van der Waals surface area contributed by atoms with E-state index in [9.17, 15) is 4.79 Å². The largest absolute Gasteiger partial charge is 0.401 e. The lowest BCUT2D eigenvalue weighted by Gasteiger charge is -2.02. The van der Waals surface area contributed by atoms with Gasteiger partial charge >= 0.3 is 12.0 Å². The highest BCUT2D eigenvalue weighted by Gasteiger charge is 2.12. The van der Waals surface area contributed by atoms with Gasteiger partial charge in [0.15, 0.2) is 0 Å². The predicted octanol–water partition coefficient (Wildman–Crippen LogP) is 1.85. The number of hydrogen-bond acceptors (Lipinski definition) is 6. The minimum Gasteiger partial charge on any atom is -0.401 e. The molecule has 3 aromatic rings. The third-order valence-electron chi connectivity index (χ3n) is 2.58. The highest BCUT2D eigenvalue weighted by Crippen LogP contribution is 2.17. The van der Waals surface area contributed by atoms with Crippen LogP contribution in [0, 0.1) is 0 Å². The molecule has 2 N–H and O–H groups in total. The number of carbonyl (C=O) groups excluding carboxylic acids is 1. The molecule has 8 nitrogen and oxygen atoms in total. The van der Waals surface area contributed by atoms with E-state index in [4.69, 9.17) is 4.42 Å². The third kappa shape index (κ3) is 3.26. The van der Waals surface area contributed by atoms with E-state index >= 15 is 0 Å². The van der Waals surface area contributed by atoms with Gasteiger partial charge in [0.2, 0.25) is 0 Å². The van der Waals surface area contributed by atoms with E-state index < -0.39 is 6.03 Å². The van der Waals surface area contributed by atoms with Crippen molar-refractivity contribution in [1.29, 1.82) is 0 Å². The van der Waals surface area contributed by atoms with Crippen LogP contribution in [0.3, 0.4) is 0 Å². The first kappa shape index (κ1) is 13.3. The summed E-state index contributed by atoms with van der Waals surface area (Å²) in [7, 11) is 1.79. The molecule has 0 radical (unpaired) electrons. The molecule has 0 saturated heterocycles. The number of urea groups is 1. The summed E-state index contributed by atoms with van der Waals surface area (Å²) < 4.78 is 6.95. The van der Waals surface area contributed by atoms with E-state index in [0.717, 1.165) is 4.88 Å². The Hall–Kier alpha value is -2.68. The van der Waals surface area contributed by atoms with Crippen molar-refractivity contribution in [1.82, 2.24) is 25.3 Å². The van der Waals surface area contributed by atoms with Gasteiger partial charge in [-0.05, 0) is 17.5 Å². The van der Waals surface area contributed by atoms with Crippen molar-refractivity contribution in [3.05, 3.63) is 34.7 Å². The van der Waals surface area contributed by atoms with Crippen molar-refractivity contribution in [3.8, 4) is 11.6 Å². The second-order valence-corrected chi connectivity index (χ2v) is 5.21. The molecule has 0 fully saturated rings. The Morgan fingerprint density at radius 2 is 2.33 bits per heavy atom. The monoisotopic (exact) mass is 304 g/mol. The van der Waals surface area contributed by atoms with Crippen LogP contribution in [0.5, 0.6) is 0 Å². The molecule has 0 saturated carbocycles. The summed E-state index contributed by atoms with van der Waals surface area (Å²) in [6, 6.07) is 5.24. The topological polar surface area (TPSA) is 97.9 Å². The number of aromatic nitrogens is 4. The van der Waals surface area contributed by atoms with Crippen LogP contribution < -0.4 is 10.6 Å². The summed E-state index contributed by atoms with van der Waals surface area (Å²) in [4.78, 5) is 12.8. The molecule has 0 aliphatic rings. The molecule has 3 aromatic heterocycles. The Kier molecular flexibility index (Phi) is 3.65. The second-order valence-electron chi connectivity index (χ2n) is 4.17. The Balaban J connectivity index is 1.58. The average molecular weight is 304 g/mol. The van der Waals surface area contributed by atoms with Gasteiger partial charge in [0, 0.05) is 18.1 Å². The molecule has 3 heterocycles. The fourth-order valence-electron chi connectivity index (χ4n) is 1.63. The second kappa shape index (κ2) is 5.75. The zero-order chi connectivity index (χ0) is 14.7. The van der Waals surface area contributed by atoms with Crippen molar-refractivity contribution in [3.63, 3.8) is 0 Å². The summed E-state index contributed by atoms with van der Waals surface area (Å²) in [5, 5.41) is 18.8. The van der Waals surface area contributed by atoms with E-state index in [0.29, 0.717) is 12.2 Å². The van der Waals surface area contributed by atoms with Gasteiger partial charge in [-0.2, -0.15) is 5.10 Å².